The van der Waals surface area contributed by atoms with E-state index < -0.39 is 0 Å². The Morgan fingerprint density at radius 2 is 2.32 bits per heavy atom. The van der Waals surface area contributed by atoms with Gasteiger partial charge in [-0.1, -0.05) is 6.07 Å². The number of nitrogens with one attached hydrogen (secondary N) is 1. The largest absolute Gasteiger partial charge is 0.313 e. The Morgan fingerprint density at radius 1 is 1.47 bits per heavy atom. The van der Waals surface area contributed by atoms with E-state index in [4.69, 9.17) is 0 Å². The van der Waals surface area contributed by atoms with Crippen LogP contribution < -0.4 is 10.9 Å². The van der Waals surface area contributed by atoms with Gasteiger partial charge < -0.3 is 9.88 Å². The molecule has 1 N–H and O–H groups in total. The second-order valence-electron chi connectivity index (χ2n) is 4.38. The summed E-state index contributed by atoms with van der Waals surface area (Å²) in [6, 6.07) is 5.77. The van der Waals surface area contributed by atoms with Crippen molar-refractivity contribution in [1.29, 1.82) is 0 Å². The highest BCUT2D eigenvalue weighted by molar-refractivity contribution is 9.10. The lowest BCUT2D eigenvalue weighted by Crippen LogP contribution is -2.27. The van der Waals surface area contributed by atoms with Gasteiger partial charge in [0, 0.05) is 48.3 Å². The number of hydrogen-bond donors (Lipinski definition) is 1. The summed E-state index contributed by atoms with van der Waals surface area (Å²) >= 11 is 3.40. The Bertz CT molecular complexity index is 595. The minimum absolute atomic E-state index is 0.0615. The van der Waals surface area contributed by atoms with Crippen molar-refractivity contribution in [2.45, 2.75) is 20.0 Å². The zero-order chi connectivity index (χ0) is 13.7. The molecular weight excluding hydrogens is 306 g/mol. The highest BCUT2D eigenvalue weighted by atomic mass is 79.9. The smallest absolute Gasteiger partial charge is 0.253 e. The van der Waals surface area contributed by atoms with E-state index in [1.54, 1.807) is 10.8 Å². The van der Waals surface area contributed by atoms with Crippen molar-refractivity contribution >= 4 is 15.9 Å². The van der Waals surface area contributed by atoms with E-state index in [-0.39, 0.29) is 5.56 Å². The monoisotopic (exact) mass is 321 g/mol. The SMILES string of the molecule is Cc1cc(Br)cn(CCNCc2cccnc2)c1=O. The highest BCUT2D eigenvalue weighted by Crippen LogP contribution is 2.07. The quantitative estimate of drug-likeness (QED) is 0.858. The van der Waals surface area contributed by atoms with Gasteiger partial charge in [-0.15, -0.1) is 0 Å². The maximum Gasteiger partial charge on any atom is 0.253 e. The number of aryl methyl sites for hydroxylation is 1. The van der Waals surface area contributed by atoms with Crippen LogP contribution in [0.25, 0.3) is 0 Å². The summed E-state index contributed by atoms with van der Waals surface area (Å²) in [7, 11) is 0. The van der Waals surface area contributed by atoms with Gasteiger partial charge in [-0.3, -0.25) is 9.78 Å². The molecule has 0 aliphatic heterocycles. The zero-order valence-corrected chi connectivity index (χ0v) is 12.4. The summed E-state index contributed by atoms with van der Waals surface area (Å²) in [5.74, 6) is 0. The van der Waals surface area contributed by atoms with E-state index in [1.807, 2.05) is 37.5 Å². The van der Waals surface area contributed by atoms with Gasteiger partial charge in [0.05, 0.1) is 0 Å². The molecule has 0 aliphatic carbocycles. The summed E-state index contributed by atoms with van der Waals surface area (Å²) in [6.07, 6.45) is 5.41. The average molecular weight is 322 g/mol. The predicted molar refractivity (Wildman–Crippen MR) is 79.1 cm³/mol. The summed E-state index contributed by atoms with van der Waals surface area (Å²) in [5.41, 5.74) is 1.95. The van der Waals surface area contributed by atoms with Gasteiger partial charge in [0.15, 0.2) is 0 Å². The minimum Gasteiger partial charge on any atom is -0.313 e. The molecule has 0 radical (unpaired) electrons. The topological polar surface area (TPSA) is 46.9 Å². The van der Waals surface area contributed by atoms with Gasteiger partial charge in [-0.25, -0.2) is 0 Å². The van der Waals surface area contributed by atoms with Crippen LogP contribution in [-0.2, 0) is 13.1 Å². The van der Waals surface area contributed by atoms with Crippen LogP contribution in [0.1, 0.15) is 11.1 Å². The first-order valence-corrected chi connectivity index (χ1v) is 6.92. The third-order valence-electron chi connectivity index (χ3n) is 2.81. The Morgan fingerprint density at radius 3 is 3.05 bits per heavy atom. The molecule has 5 heteroatoms. The molecule has 2 aromatic rings. The molecule has 2 heterocycles. The van der Waals surface area contributed by atoms with Crippen LogP contribution in [0.4, 0.5) is 0 Å². The number of rotatable bonds is 5. The lowest BCUT2D eigenvalue weighted by atomic mass is 10.3. The maximum atomic E-state index is 11.9. The molecule has 2 aromatic heterocycles. The number of pyridine rings is 2. The van der Waals surface area contributed by atoms with Crippen molar-refractivity contribution in [3.8, 4) is 0 Å². The normalized spacial score (nSPS) is 10.6. The van der Waals surface area contributed by atoms with E-state index in [1.165, 1.54) is 0 Å². The Kier molecular flexibility index (Phi) is 4.87. The number of hydrogen-bond acceptors (Lipinski definition) is 3. The Hall–Kier alpha value is -1.46. The average Bonchev–Trinajstić information content (AvgIpc) is 2.41. The van der Waals surface area contributed by atoms with Crippen molar-refractivity contribution in [2.75, 3.05) is 6.54 Å². The first-order chi connectivity index (χ1) is 9.16. The molecule has 0 spiro atoms. The molecule has 0 atom stereocenters. The van der Waals surface area contributed by atoms with E-state index in [2.05, 4.69) is 26.2 Å². The van der Waals surface area contributed by atoms with Crippen molar-refractivity contribution in [2.24, 2.45) is 0 Å². The van der Waals surface area contributed by atoms with E-state index >= 15 is 0 Å². The van der Waals surface area contributed by atoms with E-state index in [0.29, 0.717) is 6.54 Å². The van der Waals surface area contributed by atoms with Crippen molar-refractivity contribution in [3.05, 3.63) is 62.7 Å². The molecule has 2 rings (SSSR count). The van der Waals surface area contributed by atoms with Crippen LogP contribution >= 0.6 is 15.9 Å². The Labute approximate surface area is 120 Å². The fourth-order valence-corrected chi connectivity index (χ4v) is 2.43. The van der Waals surface area contributed by atoms with Crippen molar-refractivity contribution in [1.82, 2.24) is 14.9 Å². The molecule has 100 valence electrons. The lowest BCUT2D eigenvalue weighted by Gasteiger charge is -2.09. The van der Waals surface area contributed by atoms with E-state index in [9.17, 15) is 4.79 Å². The van der Waals surface area contributed by atoms with Crippen LogP contribution in [0.3, 0.4) is 0 Å². The fraction of sp³-hybridized carbons (Fsp3) is 0.286. The molecule has 0 saturated carbocycles. The molecule has 0 unspecified atom stereocenters. The summed E-state index contributed by atoms with van der Waals surface area (Å²) in [6.45, 7) is 3.98. The minimum atomic E-state index is 0.0615. The van der Waals surface area contributed by atoms with Crippen LogP contribution in [0, 0.1) is 6.92 Å². The first kappa shape index (κ1) is 14.0. The summed E-state index contributed by atoms with van der Waals surface area (Å²) in [4.78, 5) is 15.9. The molecule has 0 aliphatic rings. The molecule has 0 fully saturated rings. The number of halogens is 1. The second kappa shape index (κ2) is 6.63. The summed E-state index contributed by atoms with van der Waals surface area (Å²) < 4.78 is 2.65. The first-order valence-electron chi connectivity index (χ1n) is 6.13. The number of nitrogens with zero attached hydrogens (tertiary/aromatic N) is 2. The highest BCUT2D eigenvalue weighted by Gasteiger charge is 2.01. The third kappa shape index (κ3) is 4.01. The molecule has 0 aromatic carbocycles. The number of aromatic nitrogens is 2. The summed E-state index contributed by atoms with van der Waals surface area (Å²) in [5, 5.41) is 3.30. The van der Waals surface area contributed by atoms with E-state index in [0.717, 1.165) is 28.7 Å². The van der Waals surface area contributed by atoms with Gasteiger partial charge >= 0.3 is 0 Å². The third-order valence-corrected chi connectivity index (χ3v) is 3.25. The van der Waals surface area contributed by atoms with Crippen LogP contribution in [0.2, 0.25) is 0 Å². The van der Waals surface area contributed by atoms with Crippen LogP contribution in [0.15, 0.2) is 46.1 Å². The zero-order valence-electron chi connectivity index (χ0n) is 10.8. The van der Waals surface area contributed by atoms with Crippen molar-refractivity contribution in [3.63, 3.8) is 0 Å². The van der Waals surface area contributed by atoms with Crippen LogP contribution in [-0.4, -0.2) is 16.1 Å². The lowest BCUT2D eigenvalue weighted by molar-refractivity contribution is 0.582. The molecule has 0 saturated heterocycles. The van der Waals surface area contributed by atoms with Gasteiger partial charge in [0.2, 0.25) is 0 Å². The van der Waals surface area contributed by atoms with Gasteiger partial charge in [0.25, 0.3) is 5.56 Å². The molecule has 19 heavy (non-hydrogen) atoms. The standard InChI is InChI=1S/C14H16BrN3O/c1-11-7-13(15)10-18(14(11)19)6-5-17-9-12-3-2-4-16-8-12/h2-4,7-8,10,17H,5-6,9H2,1H3. The molecule has 4 nitrogen and oxygen atoms in total. The fourth-order valence-electron chi connectivity index (χ4n) is 1.84. The molecule has 0 bridgehead atoms. The van der Waals surface area contributed by atoms with Gasteiger partial charge in [-0.2, -0.15) is 0 Å². The predicted octanol–water partition coefficient (Wildman–Crippen LogP) is 2.10. The van der Waals surface area contributed by atoms with Crippen LogP contribution in [0.5, 0.6) is 0 Å². The second-order valence-corrected chi connectivity index (χ2v) is 5.29. The van der Waals surface area contributed by atoms with Gasteiger partial charge in [-0.05, 0) is 40.5 Å². The van der Waals surface area contributed by atoms with Gasteiger partial charge in [0.1, 0.15) is 0 Å². The Balaban J connectivity index is 1.88. The molecular formula is C14H16BrN3O. The van der Waals surface area contributed by atoms with Crippen molar-refractivity contribution < 1.29 is 0 Å². The maximum absolute atomic E-state index is 11.9. The molecule has 0 amide bonds.